The second-order valence-corrected chi connectivity index (χ2v) is 7.64. The van der Waals surface area contributed by atoms with Gasteiger partial charge in [-0.3, -0.25) is 4.79 Å². The fourth-order valence-electron chi connectivity index (χ4n) is 2.99. The van der Waals surface area contributed by atoms with Crippen molar-refractivity contribution < 1.29 is 18.5 Å². The van der Waals surface area contributed by atoms with Crippen molar-refractivity contribution in [3.8, 4) is 0 Å². The largest absolute Gasteiger partial charge is 0.494 e. The first-order valence-corrected chi connectivity index (χ1v) is 8.03. The van der Waals surface area contributed by atoms with Crippen LogP contribution in [0.4, 0.5) is 4.39 Å². The number of halogens is 1. The standard InChI is InChI=1S/C17H23BFNO3/c1-15(2)16(3,4)23-18(22-15)13-7-12(8-14(19)9-13)17(5-6-17)10-20-11-21/h7-9,11H,5-6,10H2,1-4H3,(H,20,21). The van der Waals surface area contributed by atoms with Gasteiger partial charge in [0.05, 0.1) is 11.2 Å². The number of nitrogens with one attached hydrogen (secondary N) is 1. The van der Waals surface area contributed by atoms with Crippen molar-refractivity contribution >= 4 is 19.0 Å². The van der Waals surface area contributed by atoms with E-state index in [2.05, 4.69) is 5.32 Å². The van der Waals surface area contributed by atoms with E-state index in [1.165, 1.54) is 6.07 Å². The van der Waals surface area contributed by atoms with Gasteiger partial charge in [-0.2, -0.15) is 0 Å². The molecule has 1 aliphatic carbocycles. The Balaban J connectivity index is 1.89. The van der Waals surface area contributed by atoms with E-state index < -0.39 is 18.3 Å². The lowest BCUT2D eigenvalue weighted by molar-refractivity contribution is -0.109. The van der Waals surface area contributed by atoms with Crippen molar-refractivity contribution in [2.24, 2.45) is 0 Å². The van der Waals surface area contributed by atoms with Crippen LogP contribution in [0.15, 0.2) is 18.2 Å². The molecule has 0 aromatic heterocycles. The summed E-state index contributed by atoms with van der Waals surface area (Å²) in [5, 5.41) is 2.72. The molecule has 6 heteroatoms. The minimum atomic E-state index is -0.579. The van der Waals surface area contributed by atoms with Crippen molar-refractivity contribution in [3.63, 3.8) is 0 Å². The van der Waals surface area contributed by atoms with Crippen molar-refractivity contribution in [2.45, 2.75) is 57.2 Å². The van der Waals surface area contributed by atoms with Gasteiger partial charge in [0, 0.05) is 12.0 Å². The Morgan fingerprint density at radius 3 is 2.30 bits per heavy atom. The van der Waals surface area contributed by atoms with Gasteiger partial charge in [-0.25, -0.2) is 4.39 Å². The summed E-state index contributed by atoms with van der Waals surface area (Å²) in [6, 6.07) is 4.97. The Labute approximate surface area is 136 Å². The first-order chi connectivity index (χ1) is 10.7. The van der Waals surface area contributed by atoms with Crippen LogP contribution < -0.4 is 10.8 Å². The first-order valence-electron chi connectivity index (χ1n) is 8.03. The molecule has 1 saturated heterocycles. The number of amides is 1. The average molecular weight is 319 g/mol. The van der Waals surface area contributed by atoms with Crippen LogP contribution in [0, 0.1) is 5.82 Å². The van der Waals surface area contributed by atoms with Gasteiger partial charge in [0.15, 0.2) is 0 Å². The Morgan fingerprint density at radius 1 is 1.17 bits per heavy atom. The molecule has 3 rings (SSSR count). The number of hydrogen-bond donors (Lipinski definition) is 1. The van der Waals surface area contributed by atoms with Crippen molar-refractivity contribution in [1.82, 2.24) is 5.32 Å². The monoisotopic (exact) mass is 319 g/mol. The lowest BCUT2D eigenvalue weighted by Crippen LogP contribution is -2.41. The Kier molecular flexibility index (Phi) is 3.80. The molecule has 4 nitrogen and oxygen atoms in total. The molecule has 0 radical (unpaired) electrons. The third-order valence-corrected chi connectivity index (χ3v) is 5.44. The predicted octanol–water partition coefficient (Wildman–Crippen LogP) is 1.90. The van der Waals surface area contributed by atoms with E-state index in [4.69, 9.17) is 9.31 Å². The normalized spacial score (nSPS) is 23.6. The van der Waals surface area contributed by atoms with E-state index in [-0.39, 0.29) is 11.2 Å². The molecule has 23 heavy (non-hydrogen) atoms. The molecule has 1 aliphatic heterocycles. The minimum Gasteiger partial charge on any atom is -0.399 e. The molecule has 1 saturated carbocycles. The Bertz CT molecular complexity index is 612. The smallest absolute Gasteiger partial charge is 0.399 e. The highest BCUT2D eigenvalue weighted by Gasteiger charge is 2.52. The van der Waals surface area contributed by atoms with Crippen LogP contribution in [0.5, 0.6) is 0 Å². The lowest BCUT2D eigenvalue weighted by atomic mass is 9.76. The van der Waals surface area contributed by atoms with Gasteiger partial charge >= 0.3 is 7.12 Å². The fourth-order valence-corrected chi connectivity index (χ4v) is 2.99. The third kappa shape index (κ3) is 2.90. The van der Waals surface area contributed by atoms with Gasteiger partial charge in [0.1, 0.15) is 5.82 Å². The van der Waals surface area contributed by atoms with Crippen LogP contribution in [0.2, 0.25) is 0 Å². The van der Waals surface area contributed by atoms with Crippen LogP contribution in [0.1, 0.15) is 46.1 Å². The van der Waals surface area contributed by atoms with Gasteiger partial charge in [-0.15, -0.1) is 0 Å². The number of hydrogen-bond acceptors (Lipinski definition) is 3. The van der Waals surface area contributed by atoms with Gasteiger partial charge in [-0.1, -0.05) is 6.07 Å². The summed E-state index contributed by atoms with van der Waals surface area (Å²) in [6.07, 6.45) is 2.58. The molecule has 2 aliphatic rings. The molecular weight excluding hydrogens is 296 g/mol. The zero-order valence-corrected chi connectivity index (χ0v) is 14.1. The van der Waals surface area contributed by atoms with Crippen molar-refractivity contribution in [1.29, 1.82) is 0 Å². The van der Waals surface area contributed by atoms with E-state index in [9.17, 15) is 9.18 Å². The molecular formula is C17H23BFNO3. The summed E-state index contributed by atoms with van der Waals surface area (Å²) in [4.78, 5) is 10.6. The fraction of sp³-hybridized carbons (Fsp3) is 0.588. The highest BCUT2D eigenvalue weighted by atomic mass is 19.1. The second kappa shape index (κ2) is 5.31. The third-order valence-electron chi connectivity index (χ3n) is 5.44. The maximum absolute atomic E-state index is 14.1. The molecule has 1 aromatic carbocycles. The molecule has 0 bridgehead atoms. The summed E-state index contributed by atoms with van der Waals surface area (Å²) in [5.74, 6) is -0.301. The van der Waals surface area contributed by atoms with Gasteiger partial charge in [0.25, 0.3) is 0 Å². The van der Waals surface area contributed by atoms with Crippen LogP contribution >= 0.6 is 0 Å². The summed E-state index contributed by atoms with van der Waals surface area (Å²) in [5.41, 5.74) is 0.523. The summed E-state index contributed by atoms with van der Waals surface area (Å²) in [7, 11) is -0.579. The minimum absolute atomic E-state index is 0.151. The van der Waals surface area contributed by atoms with Crippen molar-refractivity contribution in [3.05, 3.63) is 29.6 Å². The summed E-state index contributed by atoms with van der Waals surface area (Å²) in [6.45, 7) is 8.43. The van der Waals surface area contributed by atoms with E-state index >= 15 is 0 Å². The topological polar surface area (TPSA) is 47.6 Å². The van der Waals surface area contributed by atoms with E-state index in [0.717, 1.165) is 18.4 Å². The molecule has 0 atom stereocenters. The van der Waals surface area contributed by atoms with E-state index in [1.54, 1.807) is 6.07 Å². The SMILES string of the molecule is CC1(C)OB(c2cc(F)cc(C3(CNC=O)CC3)c2)OC1(C)C. The van der Waals surface area contributed by atoms with Crippen molar-refractivity contribution in [2.75, 3.05) is 6.54 Å². The zero-order valence-electron chi connectivity index (χ0n) is 14.1. The highest BCUT2D eigenvalue weighted by Crippen LogP contribution is 2.47. The lowest BCUT2D eigenvalue weighted by Gasteiger charge is -2.32. The summed E-state index contributed by atoms with van der Waals surface area (Å²) < 4.78 is 26.2. The molecule has 0 unspecified atom stereocenters. The molecule has 2 fully saturated rings. The molecule has 124 valence electrons. The first kappa shape index (κ1) is 16.5. The number of rotatable bonds is 5. The van der Waals surface area contributed by atoms with Crippen LogP contribution in [0.25, 0.3) is 0 Å². The molecule has 0 spiro atoms. The highest BCUT2D eigenvalue weighted by molar-refractivity contribution is 6.62. The molecule has 1 aromatic rings. The Hall–Kier alpha value is -1.40. The maximum Gasteiger partial charge on any atom is 0.494 e. The molecule has 1 N–H and O–H groups in total. The maximum atomic E-state index is 14.1. The molecule has 1 heterocycles. The van der Waals surface area contributed by atoms with E-state index in [1.807, 2.05) is 33.8 Å². The quantitative estimate of drug-likeness (QED) is 0.666. The van der Waals surface area contributed by atoms with E-state index in [0.29, 0.717) is 18.4 Å². The van der Waals surface area contributed by atoms with Crippen LogP contribution in [0.3, 0.4) is 0 Å². The van der Waals surface area contributed by atoms with Crippen LogP contribution in [-0.2, 0) is 19.5 Å². The number of benzene rings is 1. The van der Waals surface area contributed by atoms with Gasteiger partial charge in [-0.05, 0) is 63.7 Å². The van der Waals surface area contributed by atoms with Gasteiger partial charge < -0.3 is 14.6 Å². The average Bonchev–Trinajstić information content (AvgIpc) is 3.20. The summed E-state index contributed by atoms with van der Waals surface area (Å²) >= 11 is 0. The van der Waals surface area contributed by atoms with Crippen LogP contribution in [-0.4, -0.2) is 31.3 Å². The zero-order chi connectivity index (χ0) is 16.9. The predicted molar refractivity (Wildman–Crippen MR) is 87.1 cm³/mol. The number of carbonyl (C=O) groups excluding carboxylic acids is 1. The van der Waals surface area contributed by atoms with Gasteiger partial charge in [0.2, 0.25) is 6.41 Å². The second-order valence-electron chi connectivity index (χ2n) is 7.64. The number of carbonyl (C=O) groups is 1. The molecule has 1 amide bonds. The Morgan fingerprint density at radius 2 is 1.78 bits per heavy atom.